The van der Waals surface area contributed by atoms with Gasteiger partial charge in [-0.15, -0.1) is 0 Å². The minimum absolute atomic E-state index is 0.853. The SMILES string of the molecule is COCCN1CCC(CN(C)CC2=CCCCC2)C1. The zero-order valence-electron chi connectivity index (χ0n) is 12.7. The number of hydrogen-bond acceptors (Lipinski definition) is 3. The third-order valence-corrected chi connectivity index (χ3v) is 4.41. The number of ether oxygens (including phenoxy) is 1. The van der Waals surface area contributed by atoms with Crippen LogP contribution >= 0.6 is 0 Å². The van der Waals surface area contributed by atoms with E-state index in [0.29, 0.717) is 0 Å². The van der Waals surface area contributed by atoms with Crippen LogP contribution in [0.2, 0.25) is 0 Å². The molecule has 0 saturated carbocycles. The molecular formula is C16H30N2O. The summed E-state index contributed by atoms with van der Waals surface area (Å²) >= 11 is 0. The molecule has 0 spiro atoms. The van der Waals surface area contributed by atoms with Gasteiger partial charge in [-0.1, -0.05) is 11.6 Å². The molecule has 3 heteroatoms. The van der Waals surface area contributed by atoms with E-state index < -0.39 is 0 Å². The van der Waals surface area contributed by atoms with Gasteiger partial charge in [0.1, 0.15) is 0 Å². The summed E-state index contributed by atoms with van der Waals surface area (Å²) in [6.45, 7) is 6.92. The van der Waals surface area contributed by atoms with E-state index in [0.717, 1.165) is 19.1 Å². The molecule has 1 aliphatic carbocycles. The second kappa shape index (κ2) is 8.03. The fraction of sp³-hybridized carbons (Fsp3) is 0.875. The minimum Gasteiger partial charge on any atom is -0.383 e. The molecule has 1 aliphatic heterocycles. The molecule has 2 rings (SSSR count). The molecule has 1 fully saturated rings. The predicted molar refractivity (Wildman–Crippen MR) is 80.5 cm³/mol. The van der Waals surface area contributed by atoms with Gasteiger partial charge in [-0.25, -0.2) is 0 Å². The van der Waals surface area contributed by atoms with Crippen molar-refractivity contribution < 1.29 is 4.74 Å². The van der Waals surface area contributed by atoms with Gasteiger partial charge in [-0.3, -0.25) is 0 Å². The Kier molecular flexibility index (Phi) is 6.35. The zero-order chi connectivity index (χ0) is 13.5. The largest absolute Gasteiger partial charge is 0.383 e. The zero-order valence-corrected chi connectivity index (χ0v) is 12.7. The lowest BCUT2D eigenvalue weighted by Crippen LogP contribution is -2.31. The Morgan fingerprint density at radius 1 is 1.42 bits per heavy atom. The highest BCUT2D eigenvalue weighted by Gasteiger charge is 2.23. The predicted octanol–water partition coefficient (Wildman–Crippen LogP) is 2.39. The summed E-state index contributed by atoms with van der Waals surface area (Å²) in [5, 5.41) is 0. The Labute approximate surface area is 118 Å². The van der Waals surface area contributed by atoms with Crippen LogP contribution in [0, 0.1) is 5.92 Å². The van der Waals surface area contributed by atoms with Gasteiger partial charge >= 0.3 is 0 Å². The van der Waals surface area contributed by atoms with Gasteiger partial charge in [0.15, 0.2) is 0 Å². The van der Waals surface area contributed by atoms with Crippen LogP contribution in [0.25, 0.3) is 0 Å². The average Bonchev–Trinajstić information content (AvgIpc) is 2.85. The smallest absolute Gasteiger partial charge is 0.0589 e. The first kappa shape index (κ1) is 15.0. The van der Waals surface area contributed by atoms with Crippen LogP contribution in [0.4, 0.5) is 0 Å². The summed E-state index contributed by atoms with van der Waals surface area (Å²) in [5.74, 6) is 0.853. The van der Waals surface area contributed by atoms with Gasteiger partial charge in [-0.2, -0.15) is 0 Å². The van der Waals surface area contributed by atoms with Crippen molar-refractivity contribution in [1.29, 1.82) is 0 Å². The standard InChI is InChI=1S/C16H30N2O/c1-17(12-15-6-4-3-5-7-15)13-16-8-9-18(14-16)10-11-19-2/h6,16H,3-5,7-14H2,1-2H3. The number of methoxy groups -OCH3 is 1. The van der Waals surface area contributed by atoms with Gasteiger partial charge in [0.25, 0.3) is 0 Å². The topological polar surface area (TPSA) is 15.7 Å². The molecule has 1 saturated heterocycles. The van der Waals surface area contributed by atoms with E-state index in [1.165, 1.54) is 58.3 Å². The van der Waals surface area contributed by atoms with Gasteiger partial charge in [0.05, 0.1) is 6.61 Å². The van der Waals surface area contributed by atoms with E-state index in [2.05, 4.69) is 22.9 Å². The first-order valence-corrected chi connectivity index (χ1v) is 7.85. The van der Waals surface area contributed by atoms with Crippen molar-refractivity contribution in [2.75, 3.05) is 53.5 Å². The molecule has 2 aliphatic rings. The number of allylic oxidation sites excluding steroid dienone is 1. The molecule has 1 unspecified atom stereocenters. The van der Waals surface area contributed by atoms with E-state index in [-0.39, 0.29) is 0 Å². The Balaban J connectivity index is 1.65. The van der Waals surface area contributed by atoms with Gasteiger partial charge in [0, 0.05) is 33.3 Å². The number of rotatable bonds is 7. The van der Waals surface area contributed by atoms with Crippen LogP contribution in [0.15, 0.2) is 11.6 Å². The van der Waals surface area contributed by atoms with Crippen molar-refractivity contribution in [3.63, 3.8) is 0 Å². The quantitative estimate of drug-likeness (QED) is 0.658. The molecule has 0 radical (unpaired) electrons. The molecule has 0 aromatic rings. The summed E-state index contributed by atoms with van der Waals surface area (Å²) in [5.41, 5.74) is 1.67. The summed E-state index contributed by atoms with van der Waals surface area (Å²) in [4.78, 5) is 5.07. The molecular weight excluding hydrogens is 236 g/mol. The van der Waals surface area contributed by atoms with Gasteiger partial charge in [0.2, 0.25) is 0 Å². The first-order chi connectivity index (χ1) is 9.28. The lowest BCUT2D eigenvalue weighted by molar-refractivity contribution is 0.157. The van der Waals surface area contributed by atoms with Crippen LogP contribution in [0.5, 0.6) is 0 Å². The van der Waals surface area contributed by atoms with E-state index in [1.807, 2.05) is 0 Å². The molecule has 1 atom stereocenters. The normalized spacial score (nSPS) is 25.0. The Morgan fingerprint density at radius 2 is 2.32 bits per heavy atom. The lowest BCUT2D eigenvalue weighted by Gasteiger charge is -2.24. The molecule has 19 heavy (non-hydrogen) atoms. The monoisotopic (exact) mass is 266 g/mol. The Bertz CT molecular complexity index is 290. The van der Waals surface area contributed by atoms with Gasteiger partial charge in [-0.05, 0) is 51.6 Å². The van der Waals surface area contributed by atoms with Crippen molar-refractivity contribution in [1.82, 2.24) is 9.80 Å². The van der Waals surface area contributed by atoms with Crippen molar-refractivity contribution in [3.8, 4) is 0 Å². The van der Waals surface area contributed by atoms with Crippen LogP contribution in [0.3, 0.4) is 0 Å². The molecule has 0 aromatic carbocycles. The van der Waals surface area contributed by atoms with Crippen LogP contribution in [0.1, 0.15) is 32.1 Å². The molecule has 3 nitrogen and oxygen atoms in total. The van der Waals surface area contributed by atoms with Crippen molar-refractivity contribution in [3.05, 3.63) is 11.6 Å². The van der Waals surface area contributed by atoms with Crippen molar-refractivity contribution in [2.45, 2.75) is 32.1 Å². The summed E-state index contributed by atoms with van der Waals surface area (Å²) in [6, 6.07) is 0. The number of likely N-dealkylation sites (tertiary alicyclic amines) is 1. The van der Waals surface area contributed by atoms with E-state index in [9.17, 15) is 0 Å². The lowest BCUT2D eigenvalue weighted by atomic mass is 9.99. The first-order valence-electron chi connectivity index (χ1n) is 7.85. The van der Waals surface area contributed by atoms with E-state index in [1.54, 1.807) is 12.7 Å². The van der Waals surface area contributed by atoms with Crippen LogP contribution in [-0.2, 0) is 4.74 Å². The highest BCUT2D eigenvalue weighted by molar-refractivity contribution is 5.07. The number of likely N-dealkylation sites (N-methyl/N-ethyl adjacent to an activating group) is 1. The Morgan fingerprint density at radius 3 is 3.05 bits per heavy atom. The average molecular weight is 266 g/mol. The maximum atomic E-state index is 5.16. The second-order valence-electron chi connectivity index (χ2n) is 6.25. The van der Waals surface area contributed by atoms with Gasteiger partial charge < -0.3 is 14.5 Å². The van der Waals surface area contributed by atoms with E-state index >= 15 is 0 Å². The second-order valence-corrected chi connectivity index (χ2v) is 6.25. The third-order valence-electron chi connectivity index (χ3n) is 4.41. The molecule has 0 bridgehead atoms. The van der Waals surface area contributed by atoms with Crippen LogP contribution in [-0.4, -0.2) is 63.3 Å². The fourth-order valence-corrected chi connectivity index (χ4v) is 3.39. The fourth-order valence-electron chi connectivity index (χ4n) is 3.39. The molecule has 0 aromatic heterocycles. The maximum Gasteiger partial charge on any atom is 0.0589 e. The molecule has 0 amide bonds. The third kappa shape index (κ3) is 5.25. The molecule has 1 heterocycles. The number of nitrogens with zero attached hydrogens (tertiary/aromatic N) is 2. The number of hydrogen-bond donors (Lipinski definition) is 0. The minimum atomic E-state index is 0.853. The molecule has 110 valence electrons. The van der Waals surface area contributed by atoms with Crippen molar-refractivity contribution in [2.24, 2.45) is 5.92 Å². The highest BCUT2D eigenvalue weighted by Crippen LogP contribution is 2.20. The molecule has 0 N–H and O–H groups in total. The summed E-state index contributed by atoms with van der Waals surface area (Å²) < 4.78 is 5.16. The summed E-state index contributed by atoms with van der Waals surface area (Å²) in [6.07, 6.45) is 9.25. The Hall–Kier alpha value is -0.380. The maximum absolute atomic E-state index is 5.16. The van der Waals surface area contributed by atoms with Crippen molar-refractivity contribution >= 4 is 0 Å². The summed E-state index contributed by atoms with van der Waals surface area (Å²) in [7, 11) is 4.08. The highest BCUT2D eigenvalue weighted by atomic mass is 16.5. The van der Waals surface area contributed by atoms with E-state index in [4.69, 9.17) is 4.74 Å². The van der Waals surface area contributed by atoms with Crippen LogP contribution < -0.4 is 0 Å².